The minimum atomic E-state index is -0.804. The van der Waals surface area contributed by atoms with Gasteiger partial charge in [-0.1, -0.05) is 6.07 Å². The number of nitriles is 1. The molecule has 0 N–H and O–H groups in total. The molecule has 0 bridgehead atoms. The minimum absolute atomic E-state index is 0.118. The summed E-state index contributed by atoms with van der Waals surface area (Å²) in [6.45, 7) is 1.83. The number of hydrogen-bond acceptors (Lipinski definition) is 7. The Balaban J connectivity index is 3.13. The largest absolute Gasteiger partial charge is 0.456 e. The molecule has 0 amide bonds. The van der Waals surface area contributed by atoms with E-state index < -0.39 is 17.0 Å². The fourth-order valence-corrected chi connectivity index (χ4v) is 1.97. The molecule has 1 atom stereocenters. The molecule has 0 radical (unpaired) electrons. The van der Waals surface area contributed by atoms with Crippen LogP contribution in [0.1, 0.15) is 12.5 Å². The van der Waals surface area contributed by atoms with Gasteiger partial charge in [0.25, 0.3) is 5.69 Å². The van der Waals surface area contributed by atoms with Crippen LogP contribution in [0.5, 0.6) is 0 Å². The fourth-order valence-electron chi connectivity index (χ4n) is 1.97. The highest BCUT2D eigenvalue weighted by Gasteiger charge is 2.18. The maximum atomic E-state index is 11.9. The average molecular weight is 333 g/mol. The Morgan fingerprint density at radius 1 is 1.50 bits per heavy atom. The number of nitro benzene ring substituents is 1. The molecule has 8 heteroatoms. The second kappa shape index (κ2) is 8.64. The van der Waals surface area contributed by atoms with Crippen LogP contribution in [0, 0.1) is 21.4 Å². The highest BCUT2D eigenvalue weighted by Crippen LogP contribution is 2.28. The number of benzene rings is 1. The second-order valence-corrected chi connectivity index (χ2v) is 5.24. The first-order chi connectivity index (χ1) is 11.3. The molecule has 0 aliphatic rings. The molecular weight excluding hydrogens is 314 g/mol. The number of methoxy groups -OCH3 is 1. The second-order valence-electron chi connectivity index (χ2n) is 5.24. The molecular formula is C16H19N3O5. The van der Waals surface area contributed by atoms with Crippen molar-refractivity contribution in [1.29, 1.82) is 5.26 Å². The van der Waals surface area contributed by atoms with Crippen LogP contribution in [-0.2, 0) is 14.3 Å². The van der Waals surface area contributed by atoms with E-state index in [2.05, 4.69) is 0 Å². The fraction of sp³-hybridized carbons (Fsp3) is 0.375. The molecule has 0 aliphatic heterocycles. The summed E-state index contributed by atoms with van der Waals surface area (Å²) in [4.78, 5) is 24.2. The zero-order valence-electron chi connectivity index (χ0n) is 14.0. The highest BCUT2D eigenvalue weighted by molar-refractivity contribution is 5.98. The molecule has 0 heterocycles. The number of nitrogens with zero attached hydrogens (tertiary/aromatic N) is 3. The zero-order chi connectivity index (χ0) is 18.3. The molecule has 1 rings (SSSR count). The molecule has 0 fully saturated rings. The molecule has 24 heavy (non-hydrogen) atoms. The van der Waals surface area contributed by atoms with Gasteiger partial charge in [-0.3, -0.25) is 10.1 Å². The van der Waals surface area contributed by atoms with E-state index in [0.717, 1.165) is 0 Å². The number of nitro groups is 1. The smallest absolute Gasteiger partial charge is 0.349 e. The zero-order valence-corrected chi connectivity index (χ0v) is 14.0. The van der Waals surface area contributed by atoms with Crippen molar-refractivity contribution in [3.63, 3.8) is 0 Å². The first kappa shape index (κ1) is 19.1. The normalized spacial score (nSPS) is 12.2. The molecule has 0 saturated heterocycles. The lowest BCUT2D eigenvalue weighted by Gasteiger charge is -2.13. The van der Waals surface area contributed by atoms with Gasteiger partial charge in [0, 0.05) is 27.3 Å². The van der Waals surface area contributed by atoms with E-state index in [1.807, 2.05) is 0 Å². The summed E-state index contributed by atoms with van der Waals surface area (Å²) in [6.07, 6.45) is 0.749. The number of rotatable bonds is 7. The summed E-state index contributed by atoms with van der Waals surface area (Å²) in [5.41, 5.74) is 0.421. The van der Waals surface area contributed by atoms with Crippen molar-refractivity contribution in [2.45, 2.75) is 13.0 Å². The number of hydrogen-bond donors (Lipinski definition) is 0. The lowest BCUT2D eigenvalue weighted by Crippen LogP contribution is -2.20. The average Bonchev–Trinajstić information content (AvgIpc) is 2.52. The summed E-state index contributed by atoms with van der Waals surface area (Å²) in [7, 11) is 4.84. The number of ether oxygens (including phenoxy) is 2. The van der Waals surface area contributed by atoms with Gasteiger partial charge in [0.15, 0.2) is 0 Å². The maximum Gasteiger partial charge on any atom is 0.349 e. The van der Waals surface area contributed by atoms with Crippen LogP contribution in [0.15, 0.2) is 23.8 Å². The number of anilines is 1. The quantitative estimate of drug-likeness (QED) is 0.247. The topological polar surface area (TPSA) is 106 Å². The third-order valence-electron chi connectivity index (χ3n) is 3.04. The van der Waals surface area contributed by atoms with Gasteiger partial charge in [-0.05, 0) is 24.6 Å². The van der Waals surface area contributed by atoms with Crippen molar-refractivity contribution < 1.29 is 19.2 Å². The Morgan fingerprint density at radius 3 is 2.67 bits per heavy atom. The Bertz CT molecular complexity index is 691. The van der Waals surface area contributed by atoms with Gasteiger partial charge in [-0.25, -0.2) is 4.79 Å². The first-order valence-corrected chi connectivity index (χ1v) is 7.07. The molecule has 1 aromatic carbocycles. The first-order valence-electron chi connectivity index (χ1n) is 7.07. The van der Waals surface area contributed by atoms with E-state index in [-0.39, 0.29) is 17.9 Å². The molecule has 0 unspecified atom stereocenters. The monoisotopic (exact) mass is 333 g/mol. The van der Waals surface area contributed by atoms with Gasteiger partial charge in [0.2, 0.25) is 0 Å². The van der Waals surface area contributed by atoms with Gasteiger partial charge < -0.3 is 14.4 Å². The third-order valence-corrected chi connectivity index (χ3v) is 3.04. The van der Waals surface area contributed by atoms with E-state index in [9.17, 15) is 14.9 Å². The highest BCUT2D eigenvalue weighted by atomic mass is 16.6. The number of carbonyl (C=O) groups is 1. The third kappa shape index (κ3) is 5.07. The van der Waals surface area contributed by atoms with Gasteiger partial charge in [-0.15, -0.1) is 0 Å². The Morgan fingerprint density at radius 2 is 2.17 bits per heavy atom. The lowest BCUT2D eigenvalue weighted by molar-refractivity contribution is -0.384. The van der Waals surface area contributed by atoms with Crippen molar-refractivity contribution in [3.8, 4) is 6.07 Å². The van der Waals surface area contributed by atoms with E-state index in [1.165, 1.54) is 19.3 Å². The van der Waals surface area contributed by atoms with Crippen LogP contribution in [0.2, 0.25) is 0 Å². The van der Waals surface area contributed by atoms with Crippen molar-refractivity contribution in [3.05, 3.63) is 39.4 Å². The molecule has 0 saturated carbocycles. The summed E-state index contributed by atoms with van der Waals surface area (Å²) >= 11 is 0. The van der Waals surface area contributed by atoms with Crippen LogP contribution in [0.3, 0.4) is 0 Å². The lowest BCUT2D eigenvalue weighted by atomic mass is 10.1. The summed E-state index contributed by atoms with van der Waals surface area (Å²) < 4.78 is 9.91. The SMILES string of the molecule is COC[C@@H](C)OC(=O)/C(C#N)=C/c1ccc(N(C)C)c([N+](=O)[O-])c1. The predicted molar refractivity (Wildman–Crippen MR) is 88.4 cm³/mol. The predicted octanol–water partition coefficient (Wildman–Crippen LogP) is 2.15. The van der Waals surface area contributed by atoms with Gasteiger partial charge in [-0.2, -0.15) is 5.26 Å². The summed E-state index contributed by atoms with van der Waals surface area (Å²) in [5.74, 6) is -0.804. The Hall–Kier alpha value is -2.92. The van der Waals surface area contributed by atoms with Crippen molar-refractivity contribution in [1.82, 2.24) is 0 Å². The number of carbonyl (C=O) groups excluding carboxylic acids is 1. The van der Waals surface area contributed by atoms with E-state index in [1.54, 1.807) is 44.1 Å². The van der Waals surface area contributed by atoms with Crippen LogP contribution in [0.4, 0.5) is 11.4 Å². The molecule has 128 valence electrons. The van der Waals surface area contributed by atoms with Crippen LogP contribution < -0.4 is 4.90 Å². The van der Waals surface area contributed by atoms with Gasteiger partial charge >= 0.3 is 5.97 Å². The molecule has 8 nitrogen and oxygen atoms in total. The minimum Gasteiger partial charge on any atom is -0.456 e. The van der Waals surface area contributed by atoms with Gasteiger partial charge in [0.1, 0.15) is 23.4 Å². The van der Waals surface area contributed by atoms with Crippen LogP contribution >= 0.6 is 0 Å². The Labute approximate surface area is 140 Å². The molecule has 0 aromatic heterocycles. The van der Waals surface area contributed by atoms with Crippen molar-refractivity contribution >= 4 is 23.4 Å². The standard InChI is InChI=1S/C16H19N3O5/c1-11(10-23-4)24-16(20)13(9-17)7-12-5-6-14(18(2)3)15(8-12)19(21)22/h5-8,11H,10H2,1-4H3/b13-7+/t11-/m1/s1. The molecule has 0 spiro atoms. The van der Waals surface area contributed by atoms with E-state index in [4.69, 9.17) is 14.7 Å². The van der Waals surface area contributed by atoms with Crippen molar-refractivity contribution in [2.24, 2.45) is 0 Å². The van der Waals surface area contributed by atoms with Crippen LogP contribution in [0.25, 0.3) is 6.08 Å². The Kier molecular flexibility index (Phi) is 6.89. The maximum absolute atomic E-state index is 11.9. The number of esters is 1. The van der Waals surface area contributed by atoms with E-state index >= 15 is 0 Å². The molecule has 1 aromatic rings. The summed E-state index contributed by atoms with van der Waals surface area (Å²) in [5, 5.41) is 20.3. The van der Waals surface area contributed by atoms with Crippen LogP contribution in [-0.4, -0.2) is 44.8 Å². The molecule has 0 aliphatic carbocycles. The van der Waals surface area contributed by atoms with Gasteiger partial charge in [0.05, 0.1) is 11.5 Å². The summed E-state index contributed by atoms with van der Waals surface area (Å²) in [6, 6.07) is 6.20. The van der Waals surface area contributed by atoms with Crippen molar-refractivity contribution in [2.75, 3.05) is 32.7 Å². The van der Waals surface area contributed by atoms with E-state index in [0.29, 0.717) is 11.3 Å².